The zero-order chi connectivity index (χ0) is 54.5. The van der Waals surface area contributed by atoms with Crippen LogP contribution in [0.15, 0.2) is 64.2 Å². The second kappa shape index (κ2) is 23.5. The summed E-state index contributed by atoms with van der Waals surface area (Å²) in [5, 5.41) is 5.78. The fraction of sp³-hybridized carbons (Fsp3) is 0.545. The van der Waals surface area contributed by atoms with Gasteiger partial charge in [-0.1, -0.05) is 40.2 Å². The molecule has 2 fully saturated rings. The summed E-state index contributed by atoms with van der Waals surface area (Å²) in [5.74, 6) is -0.857. The Kier molecular flexibility index (Phi) is 18.3. The van der Waals surface area contributed by atoms with Crippen molar-refractivity contribution in [3.63, 3.8) is 0 Å². The molecule has 6 rings (SSSR count). The summed E-state index contributed by atoms with van der Waals surface area (Å²) < 4.78 is 25.6. The maximum atomic E-state index is 14.6. The zero-order valence-corrected chi connectivity index (χ0v) is 46.7. The van der Waals surface area contributed by atoms with Crippen molar-refractivity contribution in [1.29, 1.82) is 0 Å². The molecule has 19 heteroatoms. The number of carbonyl (C=O) groups is 7. The molecule has 17 nitrogen and oxygen atoms in total. The molecule has 0 radical (unpaired) electrons. The molecule has 4 aliphatic heterocycles. The molecule has 2 saturated heterocycles. The summed E-state index contributed by atoms with van der Waals surface area (Å²) >= 11 is 3.84. The van der Waals surface area contributed by atoms with Crippen molar-refractivity contribution in [2.75, 3.05) is 46.8 Å². The van der Waals surface area contributed by atoms with E-state index in [0.29, 0.717) is 89.9 Å². The number of amides is 5. The van der Waals surface area contributed by atoms with Gasteiger partial charge in [-0.25, -0.2) is 9.59 Å². The fourth-order valence-electron chi connectivity index (χ4n) is 9.74. The van der Waals surface area contributed by atoms with Crippen LogP contribution in [0.5, 0.6) is 0 Å². The summed E-state index contributed by atoms with van der Waals surface area (Å²) in [6, 6.07) is 9.51. The third kappa shape index (κ3) is 13.4. The van der Waals surface area contributed by atoms with Crippen LogP contribution in [-0.4, -0.2) is 151 Å². The molecule has 0 aromatic heterocycles. The number of hydrogen-bond donors (Lipinski definition) is 2. The highest BCUT2D eigenvalue weighted by Gasteiger charge is 2.59. The molecule has 3 unspecified atom stereocenters. The summed E-state index contributed by atoms with van der Waals surface area (Å²) in [5.41, 5.74) is 2.37. The third-order valence-corrected chi connectivity index (χ3v) is 14.8. The van der Waals surface area contributed by atoms with E-state index in [4.69, 9.17) is 18.8 Å². The number of nitrogens with zero attached hydrogens (tertiary/aromatic N) is 4. The number of carbonyl (C=O) groups excluding carboxylic acids is 7. The second-order valence-electron chi connectivity index (χ2n) is 22.0. The standard InChI is InChI=1S/C55H74BBrN6O11/c1-13-63(49(68)37-16-14-35(15-17-37)36-22-26-61(27-23-36)50(69)71-52(2,3)4)45-20-19-44(59-48(45)67)47(42-30-39(33-64)38(31-43(42)57)32-60(12)41(34-65)18-21-46(66)58-11)55(10)54(8,9)73-56(74-55)40-24-28-62(29-25-40)51(70)72-53(5,6)7/h14-17,22,24,30-31,33-34,41,45H,13,18-21,23,25-29,32H2,1-12H3,(H,58,66)(H,59,67). The van der Waals surface area contributed by atoms with Gasteiger partial charge in [-0.3, -0.25) is 24.1 Å². The molecule has 4 heterocycles. The lowest BCUT2D eigenvalue weighted by molar-refractivity contribution is -0.126. The monoisotopic (exact) mass is 1080 g/mol. The van der Waals surface area contributed by atoms with E-state index in [1.807, 2.05) is 99.6 Å². The average molecular weight is 1090 g/mol. The number of ether oxygens (including phenoxy) is 2. The van der Waals surface area contributed by atoms with Crippen molar-refractivity contribution in [3.8, 4) is 0 Å². The van der Waals surface area contributed by atoms with E-state index in [9.17, 15) is 33.6 Å². The number of halogens is 1. The van der Waals surface area contributed by atoms with Gasteiger partial charge in [0.1, 0.15) is 35.4 Å². The van der Waals surface area contributed by atoms with Crippen LogP contribution in [0.4, 0.5) is 9.59 Å². The van der Waals surface area contributed by atoms with Crippen LogP contribution >= 0.6 is 15.9 Å². The lowest BCUT2D eigenvalue weighted by Gasteiger charge is -2.42. The Balaban J connectivity index is 1.30. The fourth-order valence-corrected chi connectivity index (χ4v) is 10.3. The number of benzene rings is 2. The number of likely N-dealkylation sites (N-methyl/N-ethyl adjacent to an activating group) is 2. The molecule has 5 amide bonds. The van der Waals surface area contributed by atoms with Crippen LogP contribution in [-0.2, 0) is 39.7 Å². The smallest absolute Gasteiger partial charge is 0.444 e. The maximum Gasteiger partial charge on any atom is 0.490 e. The number of hydrogen-bond acceptors (Lipinski definition) is 12. The van der Waals surface area contributed by atoms with Gasteiger partial charge in [-0.05, 0) is 160 Å². The van der Waals surface area contributed by atoms with E-state index >= 15 is 0 Å². The maximum absolute atomic E-state index is 14.6. The number of nitrogens with one attached hydrogen (secondary N) is 2. The number of rotatable bonds is 15. The van der Waals surface area contributed by atoms with E-state index in [-0.39, 0.29) is 49.7 Å². The van der Waals surface area contributed by atoms with Crippen molar-refractivity contribution in [2.45, 2.75) is 149 Å². The summed E-state index contributed by atoms with van der Waals surface area (Å²) in [4.78, 5) is 98.5. The quantitative estimate of drug-likeness (QED) is 0.129. The second-order valence-corrected chi connectivity index (χ2v) is 22.9. The van der Waals surface area contributed by atoms with Gasteiger partial charge in [0.05, 0.1) is 11.6 Å². The zero-order valence-electron chi connectivity index (χ0n) is 45.1. The highest BCUT2D eigenvalue weighted by atomic mass is 79.9. The Bertz CT molecular complexity index is 2580. The van der Waals surface area contributed by atoms with E-state index in [1.165, 1.54) is 0 Å². The summed E-state index contributed by atoms with van der Waals surface area (Å²) in [7, 11) is 2.48. The summed E-state index contributed by atoms with van der Waals surface area (Å²) in [6.45, 7) is 20.7. The lowest BCUT2D eigenvalue weighted by atomic mass is 9.74. The highest BCUT2D eigenvalue weighted by molar-refractivity contribution is 9.10. The van der Waals surface area contributed by atoms with Crippen LogP contribution in [0.3, 0.4) is 0 Å². The molecule has 4 aliphatic rings. The topological polar surface area (TPSA) is 193 Å². The summed E-state index contributed by atoms with van der Waals surface area (Å²) in [6.07, 6.45) is 6.84. The number of allylic oxidation sites excluding steroid dienone is 1. The van der Waals surface area contributed by atoms with Crippen LogP contribution in [0.25, 0.3) is 11.1 Å². The molecule has 400 valence electrons. The minimum Gasteiger partial charge on any atom is -0.444 e. The minimum absolute atomic E-state index is 0.156. The third-order valence-electron chi connectivity index (χ3n) is 14.2. The van der Waals surface area contributed by atoms with Crippen LogP contribution in [0.2, 0.25) is 0 Å². The Morgan fingerprint density at radius 1 is 0.932 bits per heavy atom. The molecule has 3 atom stereocenters. The van der Waals surface area contributed by atoms with Crippen molar-refractivity contribution < 1.29 is 52.3 Å². The van der Waals surface area contributed by atoms with Gasteiger partial charge in [-0.2, -0.15) is 0 Å². The first kappa shape index (κ1) is 57.6. The van der Waals surface area contributed by atoms with Crippen LogP contribution in [0, 0.1) is 0 Å². The Labute approximate surface area is 445 Å². The van der Waals surface area contributed by atoms with E-state index in [0.717, 1.165) is 29.2 Å². The lowest BCUT2D eigenvalue weighted by Crippen LogP contribution is -2.53. The minimum atomic E-state index is -1.27. The highest BCUT2D eigenvalue weighted by Crippen LogP contribution is 2.51. The van der Waals surface area contributed by atoms with Crippen LogP contribution < -0.4 is 10.6 Å². The average Bonchev–Trinajstić information content (AvgIpc) is 3.59. The molecule has 0 aliphatic carbocycles. The first-order chi connectivity index (χ1) is 34.7. The van der Waals surface area contributed by atoms with Gasteiger partial charge in [0.2, 0.25) is 11.8 Å². The van der Waals surface area contributed by atoms with Crippen molar-refractivity contribution in [3.05, 3.63) is 92.0 Å². The largest absolute Gasteiger partial charge is 0.490 e. The van der Waals surface area contributed by atoms with Crippen molar-refractivity contribution >= 4 is 76.7 Å². The molecule has 0 saturated carbocycles. The molecular formula is C55H74BBrN6O11. The molecule has 0 bridgehead atoms. The SMILES string of the molecule is CCN(C(=O)c1ccc(C2=CCN(C(=O)OC(C)(C)C)CC2)cc1)C1CCC(=C(c2cc(C=O)c(CN(C)C(C=O)CCC(=O)NC)cc2Br)C2(C)OB(C3=CCN(C(=O)OC(C)(C)C)CC3)OC2(C)C)NC1=O. The van der Waals surface area contributed by atoms with Crippen molar-refractivity contribution in [1.82, 2.24) is 30.2 Å². The Hall–Kier alpha value is -5.63. The molecule has 2 N–H and O–H groups in total. The van der Waals surface area contributed by atoms with Gasteiger partial charge in [0.15, 0.2) is 0 Å². The van der Waals surface area contributed by atoms with E-state index in [2.05, 4.69) is 26.6 Å². The van der Waals surface area contributed by atoms with E-state index in [1.54, 1.807) is 51.9 Å². The van der Waals surface area contributed by atoms with Gasteiger partial charge in [-0.15, -0.1) is 0 Å². The molecule has 2 aromatic carbocycles. The molecule has 0 spiro atoms. The van der Waals surface area contributed by atoms with Gasteiger partial charge >= 0.3 is 19.3 Å². The predicted octanol–water partition coefficient (Wildman–Crippen LogP) is 8.14. The van der Waals surface area contributed by atoms with E-state index < -0.39 is 47.7 Å². The Morgan fingerprint density at radius 3 is 2.07 bits per heavy atom. The molecule has 2 aromatic rings. The van der Waals surface area contributed by atoms with Gasteiger partial charge in [0.25, 0.3) is 5.91 Å². The number of aldehydes is 2. The van der Waals surface area contributed by atoms with Crippen molar-refractivity contribution in [2.24, 2.45) is 0 Å². The van der Waals surface area contributed by atoms with Crippen LogP contribution in [0.1, 0.15) is 145 Å². The Morgan fingerprint density at radius 2 is 1.55 bits per heavy atom. The molecule has 74 heavy (non-hydrogen) atoms. The van der Waals surface area contributed by atoms with Gasteiger partial charge < -0.3 is 48.9 Å². The first-order valence-electron chi connectivity index (χ1n) is 25.5. The molecular weight excluding hydrogens is 1010 g/mol. The first-order valence-corrected chi connectivity index (χ1v) is 26.3. The normalized spacial score (nSPS) is 21.2. The number of piperidine rings is 1. The van der Waals surface area contributed by atoms with Gasteiger partial charge in [0, 0.05) is 79.6 Å². The predicted molar refractivity (Wildman–Crippen MR) is 287 cm³/mol.